The lowest BCUT2D eigenvalue weighted by atomic mass is 9.80. The molecule has 1 N–H and O–H groups in total. The van der Waals surface area contributed by atoms with E-state index in [1.54, 1.807) is 0 Å². The molecule has 1 aliphatic heterocycles. The Balaban J connectivity index is 1.65. The summed E-state index contributed by atoms with van der Waals surface area (Å²) in [5.41, 5.74) is -0.398. The fourth-order valence-electron chi connectivity index (χ4n) is 4.17. The molecule has 2 fully saturated rings. The summed E-state index contributed by atoms with van der Waals surface area (Å²) in [4.78, 5) is 14.0. The molecule has 4 nitrogen and oxygen atoms in total. The predicted molar refractivity (Wildman–Crippen MR) is 94.5 cm³/mol. The van der Waals surface area contributed by atoms with Gasteiger partial charge in [-0.3, -0.25) is 0 Å². The molecule has 0 aromatic heterocycles. The average Bonchev–Trinajstić information content (AvgIpc) is 2.84. The Hall–Kier alpha value is -0.770. The molecule has 2 aliphatic rings. The van der Waals surface area contributed by atoms with Gasteiger partial charge in [0, 0.05) is 19.1 Å². The Morgan fingerprint density at radius 2 is 1.83 bits per heavy atom. The lowest BCUT2D eigenvalue weighted by molar-refractivity contribution is 0.0287. The normalized spacial score (nSPS) is 32.1. The first-order valence-electron chi connectivity index (χ1n) is 9.44. The molecule has 1 saturated carbocycles. The quantitative estimate of drug-likeness (QED) is 0.848. The first-order valence-corrected chi connectivity index (χ1v) is 9.44. The zero-order valence-corrected chi connectivity index (χ0v) is 15.7. The number of hydrogen-bond acceptors (Lipinski definition) is 3. The maximum atomic E-state index is 12.1. The Kier molecular flexibility index (Phi) is 6.35. The van der Waals surface area contributed by atoms with Crippen LogP contribution >= 0.6 is 0 Å². The van der Waals surface area contributed by atoms with Crippen LogP contribution in [-0.2, 0) is 4.74 Å². The molecule has 1 aliphatic carbocycles. The number of nitrogens with zero attached hydrogens (tertiary/aromatic N) is 1. The van der Waals surface area contributed by atoms with Gasteiger partial charge in [-0.25, -0.2) is 4.79 Å². The van der Waals surface area contributed by atoms with Gasteiger partial charge < -0.3 is 15.0 Å². The molecule has 0 radical (unpaired) electrons. The zero-order chi connectivity index (χ0) is 17.0. The van der Waals surface area contributed by atoms with Crippen LogP contribution in [0.2, 0.25) is 0 Å². The lowest BCUT2D eigenvalue weighted by Crippen LogP contribution is -2.38. The van der Waals surface area contributed by atoms with Gasteiger partial charge in [0.25, 0.3) is 0 Å². The highest BCUT2D eigenvalue weighted by molar-refractivity contribution is 5.68. The largest absolute Gasteiger partial charge is 0.444 e. The molecule has 0 aromatic rings. The van der Waals surface area contributed by atoms with E-state index in [-0.39, 0.29) is 6.09 Å². The minimum absolute atomic E-state index is 0.150. The van der Waals surface area contributed by atoms with Crippen molar-refractivity contribution in [3.05, 3.63) is 0 Å². The van der Waals surface area contributed by atoms with Crippen LogP contribution in [0.25, 0.3) is 0 Å². The van der Waals surface area contributed by atoms with Crippen molar-refractivity contribution in [2.75, 3.05) is 19.6 Å². The van der Waals surface area contributed by atoms with Crippen LogP contribution < -0.4 is 5.32 Å². The number of amides is 1. The van der Waals surface area contributed by atoms with E-state index in [0.29, 0.717) is 12.0 Å². The van der Waals surface area contributed by atoms with Crippen molar-refractivity contribution < 1.29 is 9.53 Å². The van der Waals surface area contributed by atoms with Crippen molar-refractivity contribution in [1.82, 2.24) is 10.2 Å². The summed E-state index contributed by atoms with van der Waals surface area (Å²) in [6, 6.07) is 0.692. The van der Waals surface area contributed by atoms with Gasteiger partial charge in [-0.1, -0.05) is 13.8 Å². The van der Waals surface area contributed by atoms with Crippen LogP contribution in [0.1, 0.15) is 66.7 Å². The van der Waals surface area contributed by atoms with Crippen molar-refractivity contribution in [2.24, 2.45) is 17.8 Å². The monoisotopic (exact) mass is 324 g/mol. The molecule has 1 saturated heterocycles. The summed E-state index contributed by atoms with van der Waals surface area (Å²) in [7, 11) is 0. The number of ether oxygens (including phenoxy) is 1. The highest BCUT2D eigenvalue weighted by atomic mass is 16.6. The van der Waals surface area contributed by atoms with E-state index in [9.17, 15) is 4.79 Å². The molecule has 4 heteroatoms. The summed E-state index contributed by atoms with van der Waals surface area (Å²) in [5, 5.41) is 3.76. The van der Waals surface area contributed by atoms with E-state index >= 15 is 0 Å². The topological polar surface area (TPSA) is 41.6 Å². The van der Waals surface area contributed by atoms with Gasteiger partial charge in [-0.15, -0.1) is 0 Å². The van der Waals surface area contributed by atoms with Gasteiger partial charge in [-0.2, -0.15) is 0 Å². The van der Waals surface area contributed by atoms with Gasteiger partial charge in [-0.05, 0) is 77.2 Å². The third kappa shape index (κ3) is 6.33. The number of hydrogen-bond donors (Lipinski definition) is 1. The van der Waals surface area contributed by atoms with Crippen LogP contribution in [0.4, 0.5) is 4.79 Å². The van der Waals surface area contributed by atoms with E-state index < -0.39 is 5.60 Å². The molecule has 2 rings (SSSR count). The second-order valence-corrected chi connectivity index (χ2v) is 8.94. The molecule has 3 atom stereocenters. The summed E-state index contributed by atoms with van der Waals surface area (Å²) in [6.45, 7) is 13.3. The molecular formula is C19H36N2O2. The Morgan fingerprint density at radius 1 is 1.17 bits per heavy atom. The summed E-state index contributed by atoms with van der Waals surface area (Å²) in [5.74, 6) is 2.32. The van der Waals surface area contributed by atoms with Gasteiger partial charge in [0.05, 0.1) is 0 Å². The molecule has 0 bridgehead atoms. The van der Waals surface area contributed by atoms with E-state index in [1.807, 2.05) is 25.7 Å². The smallest absolute Gasteiger partial charge is 0.410 e. The molecule has 1 amide bonds. The summed E-state index contributed by atoms with van der Waals surface area (Å²) < 4.78 is 5.46. The van der Waals surface area contributed by atoms with Crippen molar-refractivity contribution in [3.63, 3.8) is 0 Å². The minimum atomic E-state index is -0.398. The Morgan fingerprint density at radius 3 is 2.43 bits per heavy atom. The van der Waals surface area contributed by atoms with Crippen LogP contribution in [-0.4, -0.2) is 42.3 Å². The second-order valence-electron chi connectivity index (χ2n) is 8.94. The Bertz CT molecular complexity index is 381. The van der Waals surface area contributed by atoms with E-state index in [0.717, 1.165) is 37.9 Å². The lowest BCUT2D eigenvalue weighted by Gasteiger charge is -2.32. The molecule has 1 heterocycles. The number of rotatable bonds is 4. The maximum absolute atomic E-state index is 12.1. The molecule has 23 heavy (non-hydrogen) atoms. The van der Waals surface area contributed by atoms with Crippen LogP contribution in [0.3, 0.4) is 0 Å². The first-order chi connectivity index (χ1) is 10.7. The fraction of sp³-hybridized carbons (Fsp3) is 0.947. The maximum Gasteiger partial charge on any atom is 0.410 e. The summed E-state index contributed by atoms with van der Waals surface area (Å²) in [6.07, 6.45) is 6.14. The van der Waals surface area contributed by atoms with Gasteiger partial charge in [0.15, 0.2) is 0 Å². The third-order valence-electron chi connectivity index (χ3n) is 5.10. The van der Waals surface area contributed by atoms with Crippen molar-refractivity contribution in [2.45, 2.75) is 78.4 Å². The Labute approximate surface area is 142 Å². The molecule has 134 valence electrons. The third-order valence-corrected chi connectivity index (χ3v) is 5.10. The molecule has 0 spiro atoms. The van der Waals surface area contributed by atoms with Crippen molar-refractivity contribution >= 4 is 6.09 Å². The second kappa shape index (κ2) is 7.87. The zero-order valence-electron chi connectivity index (χ0n) is 15.7. The molecule has 3 unspecified atom stereocenters. The van der Waals surface area contributed by atoms with Crippen LogP contribution in [0, 0.1) is 17.8 Å². The van der Waals surface area contributed by atoms with Crippen LogP contribution in [0.5, 0.6) is 0 Å². The van der Waals surface area contributed by atoms with Gasteiger partial charge in [0.2, 0.25) is 0 Å². The van der Waals surface area contributed by atoms with Gasteiger partial charge in [0.1, 0.15) is 5.60 Å². The van der Waals surface area contributed by atoms with E-state index in [1.165, 1.54) is 25.7 Å². The number of carbonyl (C=O) groups is 1. The standard InChI is InChI=1S/C19H36N2O2/c1-14-10-15(2)12-17(11-14)20-8-6-16-7-9-21(13-16)18(22)23-19(3,4)5/h14-17,20H,6-13H2,1-5H3. The SMILES string of the molecule is CC1CC(C)CC(NCCC2CCN(C(=O)OC(C)(C)C)C2)C1. The van der Waals surface area contributed by atoms with Crippen molar-refractivity contribution in [1.29, 1.82) is 0 Å². The minimum Gasteiger partial charge on any atom is -0.444 e. The van der Waals surface area contributed by atoms with E-state index in [2.05, 4.69) is 19.2 Å². The van der Waals surface area contributed by atoms with E-state index in [4.69, 9.17) is 4.74 Å². The number of nitrogens with one attached hydrogen (secondary N) is 1. The first kappa shape index (κ1) is 18.6. The fourth-order valence-corrected chi connectivity index (χ4v) is 4.17. The van der Waals surface area contributed by atoms with Crippen molar-refractivity contribution in [3.8, 4) is 0 Å². The molecular weight excluding hydrogens is 288 g/mol. The number of likely N-dealkylation sites (tertiary alicyclic amines) is 1. The number of carbonyl (C=O) groups excluding carboxylic acids is 1. The average molecular weight is 325 g/mol. The molecule has 0 aromatic carbocycles. The predicted octanol–water partition coefficient (Wildman–Crippen LogP) is 4.05. The summed E-state index contributed by atoms with van der Waals surface area (Å²) >= 11 is 0. The van der Waals surface area contributed by atoms with Crippen LogP contribution in [0.15, 0.2) is 0 Å². The highest BCUT2D eigenvalue weighted by Crippen LogP contribution is 2.28. The highest BCUT2D eigenvalue weighted by Gasteiger charge is 2.30. The van der Waals surface area contributed by atoms with Gasteiger partial charge >= 0.3 is 6.09 Å².